The Morgan fingerprint density at radius 1 is 1.00 bits per heavy atom. The third kappa shape index (κ3) is 6.26. The van der Waals surface area contributed by atoms with E-state index in [1.165, 1.54) is 24.5 Å². The molecule has 0 aliphatic heterocycles. The van der Waals surface area contributed by atoms with Crippen molar-refractivity contribution in [3.05, 3.63) is 69.1 Å². The molecular weight excluding hydrogens is 461 g/mol. The number of esters is 1. The molecule has 1 heterocycles. The zero-order chi connectivity index (χ0) is 24.9. The quantitative estimate of drug-likeness (QED) is 0.218. The van der Waals surface area contributed by atoms with Gasteiger partial charge in [0.1, 0.15) is 0 Å². The molecule has 0 atom stereocenters. The molecule has 0 saturated carbocycles. The molecule has 0 spiro atoms. The maximum Gasteiger partial charge on any atom is 0.416 e. The average Bonchev–Trinajstić information content (AvgIpc) is 3.16. The second-order valence-electron chi connectivity index (χ2n) is 8.46. The Kier molecular flexibility index (Phi) is 8.52. The van der Waals surface area contributed by atoms with E-state index in [1.54, 1.807) is 12.1 Å². The zero-order valence-electron chi connectivity index (χ0n) is 19.7. The maximum absolute atomic E-state index is 13.2. The number of methoxy groups -OCH3 is 1. The van der Waals surface area contributed by atoms with Gasteiger partial charge in [0.2, 0.25) is 0 Å². The lowest BCUT2D eigenvalue weighted by Gasteiger charge is -2.09. The summed E-state index contributed by atoms with van der Waals surface area (Å²) < 4.78 is 44.8. The molecule has 7 heteroatoms. The molecule has 0 radical (unpaired) electrons. The number of unbranched alkanes of at least 4 members (excludes halogenated alkanes) is 1. The van der Waals surface area contributed by atoms with Crippen molar-refractivity contribution in [1.29, 1.82) is 0 Å². The van der Waals surface area contributed by atoms with E-state index >= 15 is 0 Å². The van der Waals surface area contributed by atoms with Gasteiger partial charge in [0.25, 0.3) is 0 Å². The van der Waals surface area contributed by atoms with Crippen molar-refractivity contribution < 1.29 is 27.5 Å². The van der Waals surface area contributed by atoms with Gasteiger partial charge >= 0.3 is 12.1 Å². The SMILES string of the molecule is CCCCc1c(CCC(=O)c2ccc(CCC(=O)OC)c(C)c2)sc2cc(C(F)(F)F)ccc12. The fourth-order valence-corrected chi connectivity index (χ4v) is 5.36. The zero-order valence-corrected chi connectivity index (χ0v) is 20.5. The summed E-state index contributed by atoms with van der Waals surface area (Å²) in [6.07, 6.45) is -0.0283. The van der Waals surface area contributed by atoms with Crippen LogP contribution in [0.2, 0.25) is 0 Å². The smallest absolute Gasteiger partial charge is 0.416 e. The summed E-state index contributed by atoms with van der Waals surface area (Å²) in [5.74, 6) is -0.276. The van der Waals surface area contributed by atoms with Crippen molar-refractivity contribution >= 4 is 33.2 Å². The van der Waals surface area contributed by atoms with Gasteiger partial charge in [-0.15, -0.1) is 11.3 Å². The number of ketones is 1. The molecule has 2 aromatic carbocycles. The van der Waals surface area contributed by atoms with Crippen LogP contribution in [0.25, 0.3) is 10.1 Å². The second-order valence-corrected chi connectivity index (χ2v) is 9.59. The number of hydrogen-bond donors (Lipinski definition) is 0. The second kappa shape index (κ2) is 11.2. The summed E-state index contributed by atoms with van der Waals surface area (Å²) in [6, 6.07) is 9.42. The van der Waals surface area contributed by atoms with Crippen LogP contribution >= 0.6 is 11.3 Å². The van der Waals surface area contributed by atoms with E-state index in [0.717, 1.165) is 52.3 Å². The van der Waals surface area contributed by atoms with Crippen LogP contribution in [0.1, 0.15) is 70.1 Å². The molecule has 3 aromatic rings. The van der Waals surface area contributed by atoms with Crippen LogP contribution in [0.4, 0.5) is 13.2 Å². The number of benzene rings is 2. The van der Waals surface area contributed by atoms with Gasteiger partial charge in [0.15, 0.2) is 5.78 Å². The summed E-state index contributed by atoms with van der Waals surface area (Å²) in [5, 5.41) is 0.861. The van der Waals surface area contributed by atoms with Gasteiger partial charge in [-0.25, -0.2) is 0 Å². The van der Waals surface area contributed by atoms with E-state index in [2.05, 4.69) is 11.7 Å². The van der Waals surface area contributed by atoms with Gasteiger partial charge in [-0.3, -0.25) is 9.59 Å². The monoisotopic (exact) mass is 490 g/mol. The molecule has 0 amide bonds. The number of hydrogen-bond acceptors (Lipinski definition) is 4. The Bertz CT molecular complexity index is 1180. The molecule has 0 aliphatic carbocycles. The van der Waals surface area contributed by atoms with Crippen LogP contribution in [0.5, 0.6) is 0 Å². The fraction of sp³-hybridized carbons (Fsp3) is 0.407. The van der Waals surface area contributed by atoms with Crippen LogP contribution in [-0.2, 0) is 35.0 Å². The normalized spacial score (nSPS) is 11.7. The van der Waals surface area contributed by atoms with Crippen LogP contribution in [0.3, 0.4) is 0 Å². The van der Waals surface area contributed by atoms with Gasteiger partial charge < -0.3 is 4.74 Å². The summed E-state index contributed by atoms with van der Waals surface area (Å²) in [4.78, 5) is 25.3. The molecule has 3 rings (SSSR count). The van der Waals surface area contributed by atoms with Crippen LogP contribution < -0.4 is 0 Å². The largest absolute Gasteiger partial charge is 0.469 e. The van der Waals surface area contributed by atoms with E-state index in [-0.39, 0.29) is 18.2 Å². The summed E-state index contributed by atoms with van der Waals surface area (Å²) in [6.45, 7) is 3.99. The van der Waals surface area contributed by atoms with Crippen LogP contribution in [0.15, 0.2) is 36.4 Å². The molecule has 3 nitrogen and oxygen atoms in total. The first-order valence-corrected chi connectivity index (χ1v) is 12.3. The number of fused-ring (bicyclic) bond motifs is 1. The minimum absolute atomic E-state index is 0.00232. The Labute approximate surface area is 201 Å². The lowest BCUT2D eigenvalue weighted by Crippen LogP contribution is -2.05. The first-order valence-electron chi connectivity index (χ1n) is 11.4. The Balaban J connectivity index is 1.77. The van der Waals surface area contributed by atoms with Crippen molar-refractivity contribution in [3.63, 3.8) is 0 Å². The molecule has 0 N–H and O–H groups in total. The molecule has 0 saturated heterocycles. The fourth-order valence-electron chi connectivity index (χ4n) is 4.07. The molecular formula is C27H29F3O3S. The number of halogens is 3. The predicted octanol–water partition coefficient (Wildman–Crippen LogP) is 7.49. The molecule has 0 bridgehead atoms. The van der Waals surface area contributed by atoms with Crippen molar-refractivity contribution in [3.8, 4) is 0 Å². The average molecular weight is 491 g/mol. The summed E-state index contributed by atoms with van der Waals surface area (Å²) >= 11 is 1.36. The lowest BCUT2D eigenvalue weighted by molar-refractivity contribution is -0.140. The molecule has 34 heavy (non-hydrogen) atoms. The third-order valence-corrected chi connectivity index (χ3v) is 7.31. The van der Waals surface area contributed by atoms with E-state index in [4.69, 9.17) is 0 Å². The third-order valence-electron chi connectivity index (χ3n) is 6.05. The maximum atomic E-state index is 13.2. The number of alkyl halides is 3. The van der Waals surface area contributed by atoms with E-state index in [9.17, 15) is 22.8 Å². The molecule has 0 aliphatic rings. The van der Waals surface area contributed by atoms with Gasteiger partial charge in [0.05, 0.1) is 12.7 Å². The number of aryl methyl sites for hydroxylation is 4. The molecule has 182 valence electrons. The standard InChI is InChI=1S/C27H29F3O3S/c1-4-5-6-21-22-11-10-20(27(28,29)30)16-25(22)34-24(21)13-12-23(31)19-8-7-18(17(2)15-19)9-14-26(32)33-3/h7-8,10-11,15-16H,4-6,9,12-14H2,1-3H3. The number of carbonyl (C=O) groups excluding carboxylic acids is 2. The molecule has 1 aromatic heterocycles. The minimum Gasteiger partial charge on any atom is -0.469 e. The van der Waals surface area contributed by atoms with Crippen molar-refractivity contribution in [2.45, 2.75) is 65.0 Å². The number of carbonyl (C=O) groups is 2. The Hall–Kier alpha value is -2.67. The highest BCUT2D eigenvalue weighted by molar-refractivity contribution is 7.19. The highest BCUT2D eigenvalue weighted by Gasteiger charge is 2.31. The van der Waals surface area contributed by atoms with Gasteiger partial charge in [0, 0.05) is 28.0 Å². The van der Waals surface area contributed by atoms with Crippen molar-refractivity contribution in [1.82, 2.24) is 0 Å². The number of ether oxygens (including phenoxy) is 1. The van der Waals surface area contributed by atoms with Crippen LogP contribution in [0, 0.1) is 6.92 Å². The summed E-state index contributed by atoms with van der Waals surface area (Å²) in [5.41, 5.74) is 2.97. The van der Waals surface area contributed by atoms with Crippen molar-refractivity contribution in [2.24, 2.45) is 0 Å². The predicted molar refractivity (Wildman–Crippen MR) is 130 cm³/mol. The topological polar surface area (TPSA) is 43.4 Å². The van der Waals surface area contributed by atoms with Gasteiger partial charge in [-0.05, 0) is 72.9 Å². The van der Waals surface area contributed by atoms with E-state index in [0.29, 0.717) is 29.5 Å². The lowest BCUT2D eigenvalue weighted by atomic mass is 9.96. The first kappa shape index (κ1) is 25.9. The van der Waals surface area contributed by atoms with E-state index < -0.39 is 11.7 Å². The molecule has 0 unspecified atom stereocenters. The van der Waals surface area contributed by atoms with Gasteiger partial charge in [-0.2, -0.15) is 13.2 Å². The number of Topliss-reactive ketones (excluding diaryl/α,β-unsaturated/α-hetero) is 1. The number of rotatable bonds is 10. The highest BCUT2D eigenvalue weighted by atomic mass is 32.1. The highest BCUT2D eigenvalue weighted by Crippen LogP contribution is 2.38. The summed E-state index contributed by atoms with van der Waals surface area (Å²) in [7, 11) is 1.36. The Morgan fingerprint density at radius 3 is 2.41 bits per heavy atom. The molecule has 0 fully saturated rings. The minimum atomic E-state index is -4.38. The Morgan fingerprint density at radius 2 is 1.76 bits per heavy atom. The van der Waals surface area contributed by atoms with Crippen molar-refractivity contribution in [2.75, 3.05) is 7.11 Å². The van der Waals surface area contributed by atoms with Gasteiger partial charge in [-0.1, -0.05) is 31.5 Å². The van der Waals surface area contributed by atoms with E-state index in [1.807, 2.05) is 19.1 Å². The number of thiophene rings is 1. The first-order chi connectivity index (χ1) is 16.1. The van der Waals surface area contributed by atoms with Crippen LogP contribution in [-0.4, -0.2) is 18.9 Å².